The number of ether oxygens (including phenoxy) is 2. The molecule has 0 radical (unpaired) electrons. The third kappa shape index (κ3) is 7.71. The van der Waals surface area contributed by atoms with Gasteiger partial charge in [0.25, 0.3) is 5.91 Å². The van der Waals surface area contributed by atoms with Crippen LogP contribution in [0.3, 0.4) is 0 Å². The van der Waals surface area contributed by atoms with Gasteiger partial charge < -0.3 is 25.0 Å². The predicted molar refractivity (Wildman–Crippen MR) is 124 cm³/mol. The summed E-state index contributed by atoms with van der Waals surface area (Å²) < 4.78 is 11.4. The maximum Gasteiger partial charge on any atom is 0.251 e. The van der Waals surface area contributed by atoms with Crippen LogP contribution in [0.1, 0.15) is 15.9 Å². The minimum absolute atomic E-state index is 0.164. The Kier molecular flexibility index (Phi) is 9.50. The van der Waals surface area contributed by atoms with Gasteiger partial charge in [-0.05, 0) is 24.3 Å². The standard InChI is InChI=1S/C23H25Cl2N3O5/c24-19-7-4-8-20(25)18(19)15-32-14-17-13-28(9-10-33-17)22(30)12-26-21(29)11-27-23(31)16-5-2-1-3-6-16/h1-8,17H,9-15H2,(H,26,29)(H,27,31). The van der Waals surface area contributed by atoms with Crippen molar-refractivity contribution in [1.82, 2.24) is 15.5 Å². The highest BCUT2D eigenvalue weighted by Gasteiger charge is 2.24. The Hall–Kier alpha value is -2.65. The molecule has 1 fully saturated rings. The van der Waals surface area contributed by atoms with E-state index >= 15 is 0 Å². The molecule has 1 aliphatic heterocycles. The molecule has 1 heterocycles. The molecule has 8 nitrogen and oxygen atoms in total. The number of benzene rings is 2. The van der Waals surface area contributed by atoms with Gasteiger partial charge in [0.05, 0.1) is 39.0 Å². The minimum atomic E-state index is -0.447. The maximum atomic E-state index is 12.5. The van der Waals surface area contributed by atoms with Crippen molar-refractivity contribution in [2.24, 2.45) is 0 Å². The number of morpholine rings is 1. The van der Waals surface area contributed by atoms with Crippen LogP contribution in [0.4, 0.5) is 0 Å². The zero-order chi connectivity index (χ0) is 23.6. The number of nitrogens with zero attached hydrogens (tertiary/aromatic N) is 1. The van der Waals surface area contributed by atoms with Crippen LogP contribution in [-0.2, 0) is 25.7 Å². The number of hydrogen-bond acceptors (Lipinski definition) is 5. The lowest BCUT2D eigenvalue weighted by Crippen LogP contribution is -2.50. The van der Waals surface area contributed by atoms with E-state index in [4.69, 9.17) is 32.7 Å². The Labute approximate surface area is 202 Å². The van der Waals surface area contributed by atoms with Crippen molar-refractivity contribution in [1.29, 1.82) is 0 Å². The first kappa shape index (κ1) is 25.0. The van der Waals surface area contributed by atoms with E-state index in [1.165, 1.54) is 0 Å². The molecule has 1 saturated heterocycles. The number of halogens is 2. The second-order valence-electron chi connectivity index (χ2n) is 7.37. The molecule has 2 aromatic carbocycles. The van der Waals surface area contributed by atoms with Crippen molar-refractivity contribution in [3.63, 3.8) is 0 Å². The number of carbonyl (C=O) groups excluding carboxylic acids is 3. The SMILES string of the molecule is O=C(CNC(=O)c1ccccc1)NCC(=O)N1CCOC(COCc2c(Cl)cccc2Cl)C1. The molecule has 0 aromatic heterocycles. The Balaban J connectivity index is 1.36. The van der Waals surface area contributed by atoms with E-state index in [-0.39, 0.29) is 44.2 Å². The summed E-state index contributed by atoms with van der Waals surface area (Å²) in [6.07, 6.45) is -0.301. The molecule has 1 aliphatic rings. The fraction of sp³-hybridized carbons (Fsp3) is 0.348. The number of amides is 3. The van der Waals surface area contributed by atoms with E-state index in [1.54, 1.807) is 53.4 Å². The van der Waals surface area contributed by atoms with Crippen LogP contribution in [0, 0.1) is 0 Å². The predicted octanol–water partition coefficient (Wildman–Crippen LogP) is 2.28. The van der Waals surface area contributed by atoms with Crippen molar-refractivity contribution in [2.75, 3.05) is 39.4 Å². The zero-order valence-electron chi connectivity index (χ0n) is 17.9. The van der Waals surface area contributed by atoms with Gasteiger partial charge >= 0.3 is 0 Å². The average Bonchev–Trinajstić information content (AvgIpc) is 2.83. The molecular weight excluding hydrogens is 469 g/mol. The Morgan fingerprint density at radius 1 is 1.00 bits per heavy atom. The first-order valence-corrected chi connectivity index (χ1v) is 11.2. The van der Waals surface area contributed by atoms with E-state index in [0.29, 0.717) is 40.9 Å². The monoisotopic (exact) mass is 493 g/mol. The van der Waals surface area contributed by atoms with Crippen molar-refractivity contribution < 1.29 is 23.9 Å². The van der Waals surface area contributed by atoms with Gasteiger partial charge in [-0.25, -0.2) is 0 Å². The Morgan fingerprint density at radius 2 is 1.73 bits per heavy atom. The summed E-state index contributed by atoms with van der Waals surface area (Å²) >= 11 is 12.3. The van der Waals surface area contributed by atoms with E-state index in [1.807, 2.05) is 0 Å². The summed E-state index contributed by atoms with van der Waals surface area (Å²) in [4.78, 5) is 38.1. The second kappa shape index (κ2) is 12.6. The Bertz CT molecular complexity index is 954. The van der Waals surface area contributed by atoms with Gasteiger partial charge in [0, 0.05) is 34.3 Å². The molecule has 2 N–H and O–H groups in total. The smallest absolute Gasteiger partial charge is 0.251 e. The number of rotatable bonds is 9. The lowest BCUT2D eigenvalue weighted by atomic mass is 10.2. The van der Waals surface area contributed by atoms with Crippen LogP contribution in [0.15, 0.2) is 48.5 Å². The highest BCUT2D eigenvalue weighted by Crippen LogP contribution is 2.25. The molecule has 176 valence electrons. The fourth-order valence-corrected chi connectivity index (χ4v) is 3.72. The van der Waals surface area contributed by atoms with Crippen molar-refractivity contribution >= 4 is 40.9 Å². The van der Waals surface area contributed by atoms with Gasteiger partial charge in [0.1, 0.15) is 0 Å². The first-order chi connectivity index (χ1) is 15.9. The summed E-state index contributed by atoms with van der Waals surface area (Å²) in [5.41, 5.74) is 1.16. The van der Waals surface area contributed by atoms with Crippen LogP contribution in [-0.4, -0.2) is 68.1 Å². The molecule has 0 bridgehead atoms. The van der Waals surface area contributed by atoms with E-state index in [0.717, 1.165) is 0 Å². The lowest BCUT2D eigenvalue weighted by molar-refractivity contribution is -0.141. The van der Waals surface area contributed by atoms with Gasteiger partial charge in [-0.1, -0.05) is 47.5 Å². The van der Waals surface area contributed by atoms with Gasteiger partial charge in [0.2, 0.25) is 11.8 Å². The number of hydrogen-bond donors (Lipinski definition) is 2. The fourth-order valence-electron chi connectivity index (χ4n) is 3.21. The number of carbonyl (C=O) groups is 3. The first-order valence-electron chi connectivity index (χ1n) is 10.4. The number of nitrogens with one attached hydrogen (secondary N) is 2. The molecule has 0 spiro atoms. The largest absolute Gasteiger partial charge is 0.374 e. The van der Waals surface area contributed by atoms with Crippen molar-refractivity contribution in [3.05, 3.63) is 69.7 Å². The topological polar surface area (TPSA) is 97.0 Å². The molecule has 1 atom stereocenters. The third-order valence-electron chi connectivity index (χ3n) is 4.99. The molecular formula is C23H25Cl2N3O5. The average molecular weight is 494 g/mol. The molecule has 2 aromatic rings. The van der Waals surface area contributed by atoms with Crippen LogP contribution in [0.25, 0.3) is 0 Å². The van der Waals surface area contributed by atoms with E-state index in [2.05, 4.69) is 10.6 Å². The third-order valence-corrected chi connectivity index (χ3v) is 5.69. The van der Waals surface area contributed by atoms with Crippen LogP contribution < -0.4 is 10.6 Å². The Morgan fingerprint density at radius 3 is 2.45 bits per heavy atom. The maximum absolute atomic E-state index is 12.5. The highest BCUT2D eigenvalue weighted by atomic mass is 35.5. The normalized spacial score (nSPS) is 15.7. The van der Waals surface area contributed by atoms with Crippen LogP contribution in [0.2, 0.25) is 10.0 Å². The summed E-state index contributed by atoms with van der Waals surface area (Å²) in [7, 11) is 0. The van der Waals surface area contributed by atoms with Gasteiger partial charge in [-0.2, -0.15) is 0 Å². The van der Waals surface area contributed by atoms with Crippen LogP contribution >= 0.6 is 23.2 Å². The molecule has 1 unspecified atom stereocenters. The highest BCUT2D eigenvalue weighted by molar-refractivity contribution is 6.35. The van der Waals surface area contributed by atoms with Crippen molar-refractivity contribution in [3.8, 4) is 0 Å². The van der Waals surface area contributed by atoms with Gasteiger partial charge in [-0.3, -0.25) is 14.4 Å². The molecule has 0 aliphatic carbocycles. The molecule has 33 heavy (non-hydrogen) atoms. The van der Waals surface area contributed by atoms with Crippen molar-refractivity contribution in [2.45, 2.75) is 12.7 Å². The van der Waals surface area contributed by atoms with Crippen LogP contribution in [0.5, 0.6) is 0 Å². The summed E-state index contributed by atoms with van der Waals surface area (Å²) in [6.45, 7) is 1.25. The van der Waals surface area contributed by atoms with Gasteiger partial charge in [-0.15, -0.1) is 0 Å². The summed E-state index contributed by atoms with van der Waals surface area (Å²) in [5, 5.41) is 6.11. The second-order valence-corrected chi connectivity index (χ2v) is 8.19. The lowest BCUT2D eigenvalue weighted by Gasteiger charge is -2.33. The molecule has 10 heteroatoms. The molecule has 0 saturated carbocycles. The zero-order valence-corrected chi connectivity index (χ0v) is 19.4. The van der Waals surface area contributed by atoms with Gasteiger partial charge in [0.15, 0.2) is 0 Å². The molecule has 3 amide bonds. The van der Waals surface area contributed by atoms with E-state index < -0.39 is 5.91 Å². The molecule has 3 rings (SSSR count). The quantitative estimate of drug-likeness (QED) is 0.558. The summed E-state index contributed by atoms with van der Waals surface area (Å²) in [6, 6.07) is 13.8. The van der Waals surface area contributed by atoms with E-state index in [9.17, 15) is 14.4 Å². The minimum Gasteiger partial charge on any atom is -0.374 e. The summed E-state index contributed by atoms with van der Waals surface area (Å²) in [5.74, 6) is -1.04.